The number of hydrogen-bond acceptors (Lipinski definition) is 3. The summed E-state index contributed by atoms with van der Waals surface area (Å²) in [5.41, 5.74) is 9.58. The standard InChI is InChI=1S/C17H25N3O/c1-5-13(3)20-9-8-15(19-20)11-16(18)14-6-7-17(21-4)12(2)10-14/h6-10,13,16H,5,11,18H2,1-4H3. The molecule has 0 spiro atoms. The van der Waals surface area contributed by atoms with E-state index in [9.17, 15) is 0 Å². The zero-order valence-electron chi connectivity index (χ0n) is 13.3. The molecule has 2 unspecified atom stereocenters. The lowest BCUT2D eigenvalue weighted by molar-refractivity contribution is 0.411. The number of nitrogens with two attached hydrogens (primary N) is 1. The Kier molecular flexibility index (Phi) is 5.02. The summed E-state index contributed by atoms with van der Waals surface area (Å²) >= 11 is 0. The average molecular weight is 287 g/mol. The minimum atomic E-state index is -0.0464. The van der Waals surface area contributed by atoms with Gasteiger partial charge >= 0.3 is 0 Å². The molecule has 0 aliphatic carbocycles. The fourth-order valence-corrected chi connectivity index (χ4v) is 2.39. The molecule has 2 aromatic rings. The minimum Gasteiger partial charge on any atom is -0.496 e. The van der Waals surface area contributed by atoms with Crippen LogP contribution in [0.4, 0.5) is 0 Å². The Morgan fingerprint density at radius 3 is 2.71 bits per heavy atom. The van der Waals surface area contributed by atoms with Crippen molar-refractivity contribution in [1.82, 2.24) is 9.78 Å². The third-order valence-corrected chi connectivity index (χ3v) is 3.98. The van der Waals surface area contributed by atoms with Crippen LogP contribution >= 0.6 is 0 Å². The van der Waals surface area contributed by atoms with Crippen molar-refractivity contribution < 1.29 is 4.74 Å². The second kappa shape index (κ2) is 6.76. The van der Waals surface area contributed by atoms with Crippen molar-refractivity contribution in [2.75, 3.05) is 7.11 Å². The summed E-state index contributed by atoms with van der Waals surface area (Å²) in [6.07, 6.45) is 3.86. The molecular formula is C17H25N3O. The Bertz CT molecular complexity index is 591. The zero-order valence-corrected chi connectivity index (χ0v) is 13.3. The molecule has 0 fully saturated rings. The molecule has 1 heterocycles. The largest absolute Gasteiger partial charge is 0.496 e. The quantitative estimate of drug-likeness (QED) is 0.885. The van der Waals surface area contributed by atoms with Gasteiger partial charge in [-0.15, -0.1) is 0 Å². The highest BCUT2D eigenvalue weighted by molar-refractivity contribution is 5.37. The van der Waals surface area contributed by atoms with Crippen molar-refractivity contribution in [3.63, 3.8) is 0 Å². The number of nitrogens with zero attached hydrogens (tertiary/aromatic N) is 2. The molecule has 0 aliphatic heterocycles. The first-order chi connectivity index (χ1) is 10.0. The van der Waals surface area contributed by atoms with E-state index in [0.717, 1.165) is 35.4 Å². The molecular weight excluding hydrogens is 262 g/mol. The first kappa shape index (κ1) is 15.6. The second-order valence-corrected chi connectivity index (χ2v) is 5.58. The zero-order chi connectivity index (χ0) is 15.4. The molecule has 4 heteroatoms. The van der Waals surface area contributed by atoms with Crippen LogP contribution in [0.1, 0.15) is 49.2 Å². The van der Waals surface area contributed by atoms with Gasteiger partial charge in [0.05, 0.1) is 12.8 Å². The second-order valence-electron chi connectivity index (χ2n) is 5.58. The highest BCUT2D eigenvalue weighted by Crippen LogP contribution is 2.23. The topological polar surface area (TPSA) is 53.1 Å². The van der Waals surface area contributed by atoms with Crippen LogP contribution in [0.2, 0.25) is 0 Å². The van der Waals surface area contributed by atoms with Crippen LogP contribution in [-0.2, 0) is 6.42 Å². The van der Waals surface area contributed by atoms with Gasteiger partial charge in [-0.1, -0.05) is 19.1 Å². The summed E-state index contributed by atoms with van der Waals surface area (Å²) in [4.78, 5) is 0. The normalized spacial score (nSPS) is 14.0. The van der Waals surface area contributed by atoms with Gasteiger partial charge in [0.25, 0.3) is 0 Å². The summed E-state index contributed by atoms with van der Waals surface area (Å²) in [7, 11) is 1.68. The van der Waals surface area contributed by atoms with E-state index in [-0.39, 0.29) is 6.04 Å². The third-order valence-electron chi connectivity index (χ3n) is 3.98. The third kappa shape index (κ3) is 3.64. The molecule has 0 radical (unpaired) electrons. The smallest absolute Gasteiger partial charge is 0.121 e. The van der Waals surface area contributed by atoms with Crippen LogP contribution in [0.25, 0.3) is 0 Å². The Balaban J connectivity index is 2.08. The molecule has 1 aromatic heterocycles. The van der Waals surface area contributed by atoms with Crippen molar-refractivity contribution in [2.24, 2.45) is 5.73 Å². The van der Waals surface area contributed by atoms with Crippen molar-refractivity contribution in [1.29, 1.82) is 0 Å². The van der Waals surface area contributed by atoms with Crippen LogP contribution < -0.4 is 10.5 Å². The molecule has 114 valence electrons. The Morgan fingerprint density at radius 1 is 1.33 bits per heavy atom. The van der Waals surface area contributed by atoms with Crippen LogP contribution in [0.5, 0.6) is 5.75 Å². The van der Waals surface area contributed by atoms with E-state index in [4.69, 9.17) is 10.5 Å². The van der Waals surface area contributed by atoms with Gasteiger partial charge in [-0.25, -0.2) is 0 Å². The summed E-state index contributed by atoms with van der Waals surface area (Å²) < 4.78 is 7.30. The van der Waals surface area contributed by atoms with E-state index in [1.54, 1.807) is 7.11 Å². The van der Waals surface area contributed by atoms with Gasteiger partial charge in [-0.2, -0.15) is 5.10 Å². The van der Waals surface area contributed by atoms with Gasteiger partial charge in [0.15, 0.2) is 0 Å². The van der Waals surface area contributed by atoms with Crippen molar-refractivity contribution in [3.05, 3.63) is 47.3 Å². The summed E-state index contributed by atoms with van der Waals surface area (Å²) in [5.74, 6) is 0.895. The predicted octanol–water partition coefficient (Wildman–Crippen LogP) is 3.41. The molecule has 1 aromatic carbocycles. The van der Waals surface area contributed by atoms with Gasteiger partial charge in [-0.05, 0) is 43.5 Å². The number of aromatic nitrogens is 2. The molecule has 0 aliphatic rings. The molecule has 2 N–H and O–H groups in total. The maximum atomic E-state index is 6.32. The van der Waals surface area contributed by atoms with Gasteiger partial charge in [0.2, 0.25) is 0 Å². The molecule has 0 amide bonds. The highest BCUT2D eigenvalue weighted by atomic mass is 16.5. The fourth-order valence-electron chi connectivity index (χ4n) is 2.39. The van der Waals surface area contributed by atoms with E-state index >= 15 is 0 Å². The maximum absolute atomic E-state index is 6.32. The molecule has 0 saturated heterocycles. The Labute approximate surface area is 126 Å². The Morgan fingerprint density at radius 2 is 2.10 bits per heavy atom. The number of benzene rings is 1. The van der Waals surface area contributed by atoms with Crippen molar-refractivity contribution in [3.8, 4) is 5.75 Å². The lowest BCUT2D eigenvalue weighted by Gasteiger charge is -2.13. The number of aryl methyl sites for hydroxylation is 1. The highest BCUT2D eigenvalue weighted by Gasteiger charge is 2.12. The van der Waals surface area contributed by atoms with Crippen LogP contribution in [0, 0.1) is 6.92 Å². The van der Waals surface area contributed by atoms with Gasteiger partial charge in [0.1, 0.15) is 5.75 Å². The lowest BCUT2D eigenvalue weighted by atomic mass is 10.0. The van der Waals surface area contributed by atoms with Crippen molar-refractivity contribution in [2.45, 2.75) is 45.7 Å². The van der Waals surface area contributed by atoms with E-state index in [1.165, 1.54) is 0 Å². The summed E-state index contributed by atoms with van der Waals surface area (Å²) in [6.45, 7) is 6.37. The number of ether oxygens (including phenoxy) is 1. The van der Waals surface area contributed by atoms with Crippen LogP contribution in [-0.4, -0.2) is 16.9 Å². The molecule has 0 saturated carbocycles. The van der Waals surface area contributed by atoms with Gasteiger partial charge < -0.3 is 10.5 Å². The number of methoxy groups -OCH3 is 1. The molecule has 2 rings (SSSR count). The van der Waals surface area contributed by atoms with Crippen LogP contribution in [0.3, 0.4) is 0 Å². The van der Waals surface area contributed by atoms with Crippen LogP contribution in [0.15, 0.2) is 30.5 Å². The monoisotopic (exact) mass is 287 g/mol. The van der Waals surface area contributed by atoms with E-state index in [1.807, 2.05) is 29.9 Å². The molecule has 21 heavy (non-hydrogen) atoms. The lowest BCUT2D eigenvalue weighted by Crippen LogP contribution is -2.14. The first-order valence-electron chi connectivity index (χ1n) is 7.49. The molecule has 2 atom stereocenters. The average Bonchev–Trinajstić information content (AvgIpc) is 2.94. The summed E-state index contributed by atoms with van der Waals surface area (Å²) in [5, 5.41) is 4.61. The van der Waals surface area contributed by atoms with Gasteiger partial charge in [-0.3, -0.25) is 4.68 Å². The minimum absolute atomic E-state index is 0.0464. The van der Waals surface area contributed by atoms with E-state index in [0.29, 0.717) is 6.04 Å². The Hall–Kier alpha value is -1.81. The first-order valence-corrected chi connectivity index (χ1v) is 7.49. The SMILES string of the molecule is CCC(C)n1ccc(CC(N)c2ccc(OC)c(C)c2)n1. The van der Waals surface area contributed by atoms with Crippen molar-refractivity contribution >= 4 is 0 Å². The van der Waals surface area contributed by atoms with E-state index < -0.39 is 0 Å². The van der Waals surface area contributed by atoms with E-state index in [2.05, 4.69) is 31.1 Å². The predicted molar refractivity (Wildman–Crippen MR) is 85.6 cm³/mol. The maximum Gasteiger partial charge on any atom is 0.121 e. The summed E-state index contributed by atoms with van der Waals surface area (Å²) in [6, 6.07) is 8.54. The fraction of sp³-hybridized carbons (Fsp3) is 0.471. The molecule has 4 nitrogen and oxygen atoms in total. The number of hydrogen-bond donors (Lipinski definition) is 1. The molecule has 0 bridgehead atoms. The van der Waals surface area contributed by atoms with Gasteiger partial charge in [0, 0.05) is 24.7 Å². The number of rotatable bonds is 6.